The van der Waals surface area contributed by atoms with Crippen molar-refractivity contribution in [3.05, 3.63) is 95.6 Å². The molecule has 3 aromatic carbocycles. The summed E-state index contributed by atoms with van der Waals surface area (Å²) in [5, 5.41) is 13.6. The molecule has 0 heterocycles. The lowest BCUT2D eigenvalue weighted by Crippen LogP contribution is -1.99. The van der Waals surface area contributed by atoms with Crippen LogP contribution in [0, 0.1) is 0 Å². The molecule has 114 valence electrons. The molecule has 0 amide bonds. The SMILES string of the molecule is O=Cc1ccc(Nc2ccc(C(O)c3ccccc3)cc2)cc1. The van der Waals surface area contributed by atoms with Gasteiger partial charge in [0.25, 0.3) is 0 Å². The summed E-state index contributed by atoms with van der Waals surface area (Å²) >= 11 is 0. The lowest BCUT2D eigenvalue weighted by Gasteiger charge is -2.13. The van der Waals surface area contributed by atoms with E-state index in [9.17, 15) is 9.90 Å². The van der Waals surface area contributed by atoms with Crippen LogP contribution in [0.25, 0.3) is 0 Å². The Balaban J connectivity index is 1.72. The minimum Gasteiger partial charge on any atom is -0.384 e. The van der Waals surface area contributed by atoms with Crippen LogP contribution in [0.5, 0.6) is 0 Å². The Morgan fingerprint density at radius 2 is 1.26 bits per heavy atom. The number of anilines is 2. The van der Waals surface area contributed by atoms with E-state index in [1.807, 2.05) is 66.7 Å². The summed E-state index contributed by atoms with van der Waals surface area (Å²) in [6.45, 7) is 0. The molecule has 3 aromatic rings. The molecule has 1 unspecified atom stereocenters. The Kier molecular flexibility index (Phi) is 4.50. The minimum absolute atomic E-state index is 0.628. The first kappa shape index (κ1) is 15.0. The van der Waals surface area contributed by atoms with Crippen LogP contribution in [0.15, 0.2) is 78.9 Å². The van der Waals surface area contributed by atoms with Crippen molar-refractivity contribution in [1.29, 1.82) is 0 Å². The van der Waals surface area contributed by atoms with Crippen LogP contribution >= 0.6 is 0 Å². The van der Waals surface area contributed by atoms with Crippen molar-refractivity contribution in [3.63, 3.8) is 0 Å². The number of aliphatic hydroxyl groups is 1. The van der Waals surface area contributed by atoms with Crippen LogP contribution in [-0.2, 0) is 0 Å². The number of nitrogens with one attached hydrogen (secondary N) is 1. The fourth-order valence-electron chi connectivity index (χ4n) is 2.39. The van der Waals surface area contributed by atoms with Crippen LogP contribution in [0.1, 0.15) is 27.6 Å². The molecule has 23 heavy (non-hydrogen) atoms. The number of benzene rings is 3. The molecule has 3 nitrogen and oxygen atoms in total. The van der Waals surface area contributed by atoms with Crippen molar-refractivity contribution in [3.8, 4) is 0 Å². The lowest BCUT2D eigenvalue weighted by molar-refractivity contribution is 0.112. The summed E-state index contributed by atoms with van der Waals surface area (Å²) in [6.07, 6.45) is 0.195. The van der Waals surface area contributed by atoms with Gasteiger partial charge in [-0.15, -0.1) is 0 Å². The first-order valence-corrected chi connectivity index (χ1v) is 7.41. The Labute approximate surface area is 135 Å². The van der Waals surface area contributed by atoms with Crippen molar-refractivity contribution < 1.29 is 9.90 Å². The first-order chi connectivity index (χ1) is 11.3. The number of hydrogen-bond acceptors (Lipinski definition) is 3. The van der Waals surface area contributed by atoms with Gasteiger partial charge >= 0.3 is 0 Å². The van der Waals surface area contributed by atoms with Gasteiger partial charge in [-0.1, -0.05) is 42.5 Å². The second kappa shape index (κ2) is 6.90. The van der Waals surface area contributed by atoms with Crippen LogP contribution in [0.3, 0.4) is 0 Å². The summed E-state index contributed by atoms with van der Waals surface area (Å²) in [5.74, 6) is 0. The van der Waals surface area contributed by atoms with Crippen molar-refractivity contribution in [1.82, 2.24) is 0 Å². The molecule has 0 spiro atoms. The van der Waals surface area contributed by atoms with Gasteiger partial charge in [0, 0.05) is 16.9 Å². The Bertz CT molecular complexity index is 765. The van der Waals surface area contributed by atoms with Crippen LogP contribution < -0.4 is 5.32 Å². The van der Waals surface area contributed by atoms with Gasteiger partial charge in [-0.25, -0.2) is 0 Å². The smallest absolute Gasteiger partial charge is 0.150 e. The number of carbonyl (C=O) groups excluding carboxylic acids is 1. The molecule has 0 aliphatic rings. The zero-order valence-electron chi connectivity index (χ0n) is 12.5. The van der Waals surface area contributed by atoms with Gasteiger partial charge in [0.2, 0.25) is 0 Å². The number of aliphatic hydroxyl groups excluding tert-OH is 1. The molecule has 0 fully saturated rings. The summed E-state index contributed by atoms with van der Waals surface area (Å²) in [5.41, 5.74) is 4.20. The van der Waals surface area contributed by atoms with Crippen molar-refractivity contribution in [2.45, 2.75) is 6.10 Å². The monoisotopic (exact) mass is 303 g/mol. The van der Waals surface area contributed by atoms with E-state index in [1.165, 1.54) is 0 Å². The van der Waals surface area contributed by atoms with Gasteiger partial charge in [0.15, 0.2) is 0 Å². The van der Waals surface area contributed by atoms with Crippen molar-refractivity contribution in [2.75, 3.05) is 5.32 Å². The maximum absolute atomic E-state index is 10.7. The average Bonchev–Trinajstić information content (AvgIpc) is 2.63. The Hall–Kier alpha value is -2.91. The number of carbonyl (C=O) groups is 1. The van der Waals surface area contributed by atoms with Crippen LogP contribution in [0.4, 0.5) is 11.4 Å². The largest absolute Gasteiger partial charge is 0.384 e. The van der Waals surface area contributed by atoms with Crippen LogP contribution in [-0.4, -0.2) is 11.4 Å². The number of rotatable bonds is 5. The van der Waals surface area contributed by atoms with E-state index in [-0.39, 0.29) is 0 Å². The normalized spacial score (nSPS) is 11.7. The standard InChI is InChI=1S/C20H17NO2/c22-14-15-6-10-18(11-7-15)21-19-12-8-17(9-13-19)20(23)16-4-2-1-3-5-16/h1-14,20-21,23H. The third-order valence-corrected chi connectivity index (χ3v) is 3.68. The highest BCUT2D eigenvalue weighted by Crippen LogP contribution is 2.24. The summed E-state index contributed by atoms with van der Waals surface area (Å²) in [6, 6.07) is 24.5. The van der Waals surface area contributed by atoms with Gasteiger partial charge in [-0.2, -0.15) is 0 Å². The number of aldehydes is 1. The quantitative estimate of drug-likeness (QED) is 0.690. The molecule has 0 saturated heterocycles. The molecular formula is C20H17NO2. The molecule has 3 rings (SSSR count). The molecule has 1 atom stereocenters. The molecule has 0 bridgehead atoms. The third-order valence-electron chi connectivity index (χ3n) is 3.68. The van der Waals surface area contributed by atoms with E-state index in [2.05, 4.69) is 5.32 Å². The Morgan fingerprint density at radius 1 is 0.739 bits per heavy atom. The van der Waals surface area contributed by atoms with Crippen molar-refractivity contribution >= 4 is 17.7 Å². The predicted molar refractivity (Wildman–Crippen MR) is 92.1 cm³/mol. The van der Waals surface area contributed by atoms with E-state index >= 15 is 0 Å². The van der Waals surface area contributed by atoms with E-state index in [4.69, 9.17) is 0 Å². The first-order valence-electron chi connectivity index (χ1n) is 7.41. The summed E-state index contributed by atoms with van der Waals surface area (Å²) in [7, 11) is 0. The molecule has 3 heteroatoms. The van der Waals surface area contributed by atoms with Gasteiger partial charge in [-0.05, 0) is 47.5 Å². The van der Waals surface area contributed by atoms with E-state index in [0.717, 1.165) is 28.8 Å². The van der Waals surface area contributed by atoms with Crippen molar-refractivity contribution in [2.24, 2.45) is 0 Å². The average molecular weight is 303 g/mol. The third kappa shape index (κ3) is 3.65. The van der Waals surface area contributed by atoms with Gasteiger partial charge < -0.3 is 10.4 Å². The molecule has 0 aromatic heterocycles. The molecule has 2 N–H and O–H groups in total. The van der Waals surface area contributed by atoms with Gasteiger partial charge in [0.1, 0.15) is 12.4 Å². The molecule has 0 aliphatic heterocycles. The fourth-order valence-corrected chi connectivity index (χ4v) is 2.39. The van der Waals surface area contributed by atoms with E-state index in [0.29, 0.717) is 5.56 Å². The summed E-state index contributed by atoms with van der Waals surface area (Å²) in [4.78, 5) is 10.7. The fraction of sp³-hybridized carbons (Fsp3) is 0.0500. The minimum atomic E-state index is -0.628. The zero-order chi connectivity index (χ0) is 16.1. The predicted octanol–water partition coefficient (Wildman–Crippen LogP) is 4.32. The maximum Gasteiger partial charge on any atom is 0.150 e. The highest BCUT2D eigenvalue weighted by atomic mass is 16.3. The highest BCUT2D eigenvalue weighted by molar-refractivity contribution is 5.76. The highest BCUT2D eigenvalue weighted by Gasteiger charge is 2.09. The lowest BCUT2D eigenvalue weighted by atomic mass is 10.0. The van der Waals surface area contributed by atoms with Crippen LogP contribution in [0.2, 0.25) is 0 Å². The zero-order valence-corrected chi connectivity index (χ0v) is 12.5. The molecular weight excluding hydrogens is 286 g/mol. The Morgan fingerprint density at radius 3 is 1.83 bits per heavy atom. The second-order valence-electron chi connectivity index (χ2n) is 5.30. The maximum atomic E-state index is 10.7. The summed E-state index contributed by atoms with van der Waals surface area (Å²) < 4.78 is 0. The topological polar surface area (TPSA) is 49.3 Å². The van der Waals surface area contributed by atoms with E-state index in [1.54, 1.807) is 12.1 Å². The number of hydrogen-bond donors (Lipinski definition) is 2. The van der Waals surface area contributed by atoms with E-state index < -0.39 is 6.10 Å². The second-order valence-corrected chi connectivity index (χ2v) is 5.30. The van der Waals surface area contributed by atoms with Gasteiger partial charge in [-0.3, -0.25) is 4.79 Å². The van der Waals surface area contributed by atoms with Gasteiger partial charge in [0.05, 0.1) is 0 Å². The molecule has 0 radical (unpaired) electrons. The molecule has 0 aliphatic carbocycles. The molecule has 0 saturated carbocycles.